The number of esters is 1. The summed E-state index contributed by atoms with van der Waals surface area (Å²) in [5.74, 6) is -0.752. The van der Waals surface area contributed by atoms with Crippen LogP contribution < -0.4 is 10.5 Å². The number of carbonyl (C=O) groups is 1. The number of rotatable bonds is 5. The number of pyridine rings is 1. The van der Waals surface area contributed by atoms with E-state index in [2.05, 4.69) is 4.98 Å². The molecule has 0 aliphatic carbocycles. The van der Waals surface area contributed by atoms with Gasteiger partial charge in [0.15, 0.2) is 0 Å². The number of carbonyl (C=O) groups excluding carboxylic acids is 1. The molecule has 0 aliphatic rings. The van der Waals surface area contributed by atoms with E-state index in [0.29, 0.717) is 17.0 Å². The second-order valence-corrected chi connectivity index (χ2v) is 4.46. The molecule has 0 spiro atoms. The highest BCUT2D eigenvalue weighted by atomic mass is 19.1. The smallest absolute Gasteiger partial charge is 0.340 e. The summed E-state index contributed by atoms with van der Waals surface area (Å²) in [7, 11) is 1.44. The normalized spacial score (nSPS) is 10.4. The van der Waals surface area contributed by atoms with Gasteiger partial charge in [-0.15, -0.1) is 0 Å². The summed E-state index contributed by atoms with van der Waals surface area (Å²) < 4.78 is 24.5. The van der Waals surface area contributed by atoms with E-state index in [-0.39, 0.29) is 24.3 Å². The lowest BCUT2D eigenvalue weighted by molar-refractivity contribution is 0.0527. The number of hydrogen-bond donors (Lipinski definition) is 1. The molecule has 1 heterocycles. The topological polar surface area (TPSA) is 74.4 Å². The van der Waals surface area contributed by atoms with Crippen LogP contribution in [-0.2, 0) is 11.3 Å². The van der Waals surface area contributed by atoms with Crippen molar-refractivity contribution < 1.29 is 18.7 Å². The molecule has 0 amide bonds. The van der Waals surface area contributed by atoms with Gasteiger partial charge in [-0.2, -0.15) is 0 Å². The molecule has 0 fully saturated rings. The molecule has 0 saturated heterocycles. The number of ether oxygens (including phenoxy) is 2. The predicted molar refractivity (Wildman–Crippen MR) is 80.0 cm³/mol. The van der Waals surface area contributed by atoms with Crippen molar-refractivity contribution in [3.05, 3.63) is 47.5 Å². The van der Waals surface area contributed by atoms with Crippen molar-refractivity contribution >= 4 is 5.97 Å². The standard InChI is InChI=1S/C16H17FN2O3/c1-3-22-16(20)12-9-19-10(8-18)7-11(12)15-13(17)5-4-6-14(15)21-2/h4-7,9H,3,8,18H2,1-2H3. The van der Waals surface area contributed by atoms with Gasteiger partial charge in [0.25, 0.3) is 0 Å². The Bertz CT molecular complexity index is 689. The third-order valence-electron chi connectivity index (χ3n) is 3.13. The Balaban J connectivity index is 2.69. The fourth-order valence-electron chi connectivity index (χ4n) is 2.12. The summed E-state index contributed by atoms with van der Waals surface area (Å²) >= 11 is 0. The highest BCUT2D eigenvalue weighted by Gasteiger charge is 2.21. The van der Waals surface area contributed by atoms with E-state index in [1.807, 2.05) is 0 Å². The fourth-order valence-corrected chi connectivity index (χ4v) is 2.12. The van der Waals surface area contributed by atoms with E-state index in [9.17, 15) is 9.18 Å². The van der Waals surface area contributed by atoms with Crippen LogP contribution in [0.5, 0.6) is 5.75 Å². The fraction of sp³-hybridized carbons (Fsp3) is 0.250. The van der Waals surface area contributed by atoms with Crippen LogP contribution in [0.15, 0.2) is 30.5 Å². The van der Waals surface area contributed by atoms with Gasteiger partial charge in [-0.1, -0.05) is 6.07 Å². The SMILES string of the molecule is CCOC(=O)c1cnc(CN)cc1-c1c(F)cccc1OC. The number of halogens is 1. The zero-order chi connectivity index (χ0) is 16.1. The monoisotopic (exact) mass is 304 g/mol. The Morgan fingerprint density at radius 2 is 2.18 bits per heavy atom. The van der Waals surface area contributed by atoms with Gasteiger partial charge < -0.3 is 15.2 Å². The molecule has 1 aromatic carbocycles. The molecule has 0 atom stereocenters. The summed E-state index contributed by atoms with van der Waals surface area (Å²) in [6.07, 6.45) is 1.35. The lowest BCUT2D eigenvalue weighted by atomic mass is 9.99. The van der Waals surface area contributed by atoms with Crippen LogP contribution in [0, 0.1) is 5.82 Å². The van der Waals surface area contributed by atoms with E-state index >= 15 is 0 Å². The van der Waals surface area contributed by atoms with E-state index in [1.54, 1.807) is 19.1 Å². The van der Waals surface area contributed by atoms with Gasteiger partial charge in [0.2, 0.25) is 0 Å². The Hall–Kier alpha value is -2.47. The number of benzene rings is 1. The van der Waals surface area contributed by atoms with Gasteiger partial charge in [-0.3, -0.25) is 4.98 Å². The van der Waals surface area contributed by atoms with Gasteiger partial charge in [-0.05, 0) is 25.1 Å². The van der Waals surface area contributed by atoms with Crippen LogP contribution in [0.1, 0.15) is 23.0 Å². The summed E-state index contributed by atoms with van der Waals surface area (Å²) in [6.45, 7) is 2.08. The van der Waals surface area contributed by atoms with Gasteiger partial charge in [-0.25, -0.2) is 9.18 Å². The van der Waals surface area contributed by atoms with Crippen LogP contribution in [-0.4, -0.2) is 24.7 Å². The highest BCUT2D eigenvalue weighted by Crippen LogP contribution is 2.35. The third-order valence-corrected chi connectivity index (χ3v) is 3.13. The first kappa shape index (κ1) is 15.9. The second-order valence-electron chi connectivity index (χ2n) is 4.46. The molecule has 22 heavy (non-hydrogen) atoms. The largest absolute Gasteiger partial charge is 0.496 e. The van der Waals surface area contributed by atoms with E-state index in [4.69, 9.17) is 15.2 Å². The Kier molecular flexibility index (Phi) is 5.06. The lowest BCUT2D eigenvalue weighted by Gasteiger charge is -2.14. The molecule has 0 saturated carbocycles. The first-order valence-corrected chi connectivity index (χ1v) is 6.81. The summed E-state index contributed by atoms with van der Waals surface area (Å²) in [5.41, 5.74) is 6.83. The number of aromatic nitrogens is 1. The van der Waals surface area contributed by atoms with Crippen LogP contribution >= 0.6 is 0 Å². The zero-order valence-electron chi connectivity index (χ0n) is 12.4. The zero-order valence-corrected chi connectivity index (χ0v) is 12.4. The third kappa shape index (κ3) is 3.07. The van der Waals surface area contributed by atoms with Crippen LogP contribution in [0.25, 0.3) is 11.1 Å². The van der Waals surface area contributed by atoms with Gasteiger partial charge in [0.1, 0.15) is 11.6 Å². The van der Waals surface area contributed by atoms with Gasteiger partial charge >= 0.3 is 5.97 Å². The van der Waals surface area contributed by atoms with Crippen molar-refractivity contribution in [1.82, 2.24) is 4.98 Å². The summed E-state index contributed by atoms with van der Waals surface area (Å²) in [6, 6.07) is 6.03. The number of methoxy groups -OCH3 is 1. The minimum atomic E-state index is -0.570. The Morgan fingerprint density at radius 3 is 2.82 bits per heavy atom. The number of nitrogens with two attached hydrogens (primary N) is 1. The maximum Gasteiger partial charge on any atom is 0.340 e. The molecule has 0 aliphatic heterocycles. The highest BCUT2D eigenvalue weighted by molar-refractivity contribution is 5.98. The van der Waals surface area contributed by atoms with Crippen LogP contribution in [0.2, 0.25) is 0 Å². The first-order valence-electron chi connectivity index (χ1n) is 6.81. The average molecular weight is 304 g/mol. The van der Waals surface area contributed by atoms with Crippen molar-refractivity contribution in [1.29, 1.82) is 0 Å². The van der Waals surface area contributed by atoms with Crippen molar-refractivity contribution in [2.45, 2.75) is 13.5 Å². The van der Waals surface area contributed by atoms with Gasteiger partial charge in [0, 0.05) is 18.3 Å². The van der Waals surface area contributed by atoms with Crippen molar-refractivity contribution in [2.24, 2.45) is 5.73 Å². The van der Waals surface area contributed by atoms with E-state index in [0.717, 1.165) is 0 Å². The molecule has 0 unspecified atom stereocenters. The molecular weight excluding hydrogens is 287 g/mol. The molecule has 6 heteroatoms. The van der Waals surface area contributed by atoms with Crippen LogP contribution in [0.3, 0.4) is 0 Å². The number of hydrogen-bond acceptors (Lipinski definition) is 5. The lowest BCUT2D eigenvalue weighted by Crippen LogP contribution is -2.10. The molecule has 1 aromatic heterocycles. The average Bonchev–Trinajstić information content (AvgIpc) is 2.54. The maximum atomic E-state index is 14.3. The molecule has 5 nitrogen and oxygen atoms in total. The molecule has 2 aromatic rings. The maximum absolute atomic E-state index is 14.3. The Labute approximate surface area is 127 Å². The summed E-state index contributed by atoms with van der Waals surface area (Å²) in [5, 5.41) is 0. The first-order chi connectivity index (χ1) is 10.6. The minimum Gasteiger partial charge on any atom is -0.496 e. The predicted octanol–water partition coefficient (Wildman–Crippen LogP) is 2.53. The van der Waals surface area contributed by atoms with E-state index in [1.165, 1.54) is 25.4 Å². The molecule has 0 radical (unpaired) electrons. The molecule has 116 valence electrons. The Morgan fingerprint density at radius 1 is 1.41 bits per heavy atom. The van der Waals surface area contributed by atoms with Crippen molar-refractivity contribution in [2.75, 3.05) is 13.7 Å². The molecule has 2 rings (SSSR count). The van der Waals surface area contributed by atoms with E-state index < -0.39 is 11.8 Å². The molecule has 2 N–H and O–H groups in total. The molecule has 0 bridgehead atoms. The van der Waals surface area contributed by atoms with Crippen molar-refractivity contribution in [3.63, 3.8) is 0 Å². The van der Waals surface area contributed by atoms with Crippen molar-refractivity contribution in [3.8, 4) is 16.9 Å². The van der Waals surface area contributed by atoms with Gasteiger partial charge in [0.05, 0.1) is 30.5 Å². The quantitative estimate of drug-likeness (QED) is 0.859. The summed E-state index contributed by atoms with van der Waals surface area (Å²) in [4.78, 5) is 16.2. The molecular formula is C16H17FN2O3. The van der Waals surface area contributed by atoms with Crippen LogP contribution in [0.4, 0.5) is 4.39 Å². The number of nitrogens with zero attached hydrogens (tertiary/aromatic N) is 1. The second kappa shape index (κ2) is 7.00. The minimum absolute atomic E-state index is 0.169.